The fraction of sp³-hybridized carbons (Fsp3) is 0.500. The van der Waals surface area contributed by atoms with Crippen molar-refractivity contribution in [3.05, 3.63) is 47.2 Å². The minimum absolute atomic E-state index is 0.259. The zero-order valence-electron chi connectivity index (χ0n) is 17.0. The van der Waals surface area contributed by atoms with Crippen molar-refractivity contribution >= 4 is 11.8 Å². The maximum Gasteiger partial charge on any atom is 0.337 e. The van der Waals surface area contributed by atoms with Gasteiger partial charge in [-0.1, -0.05) is 0 Å². The van der Waals surface area contributed by atoms with Crippen LogP contribution in [0.4, 0.5) is 5.82 Å². The van der Waals surface area contributed by atoms with Crippen molar-refractivity contribution < 1.29 is 19.4 Å². The summed E-state index contributed by atoms with van der Waals surface area (Å²) in [7, 11) is 1.36. The van der Waals surface area contributed by atoms with Crippen LogP contribution < -0.4 is 9.64 Å². The topological polar surface area (TPSA) is 84.8 Å². The average Bonchev–Trinajstić information content (AvgIpc) is 3.12. The fourth-order valence-corrected chi connectivity index (χ4v) is 4.47. The Labute approximate surface area is 170 Å². The van der Waals surface area contributed by atoms with Gasteiger partial charge in [0.1, 0.15) is 11.9 Å². The molecular formula is C22H27N3O4. The number of ether oxygens (including phenoxy) is 2. The number of fused-ring (bicyclic) bond motifs is 1. The van der Waals surface area contributed by atoms with Crippen molar-refractivity contribution in [3.63, 3.8) is 0 Å². The standard InChI is InChI=1S/C22H27N3O4/c1-13-10-23-24-21(14(13)2)25-11-16-8-19(26)20(9-17(16)12-25)29-18-6-4-15(5-7-18)22(27)28-3/h4-7,10,16-17,19-20,26H,8-9,11-12H2,1-3H3/t16-,17+,19-,20-/m0/s1. The molecule has 0 spiro atoms. The fourth-order valence-electron chi connectivity index (χ4n) is 4.47. The Balaban J connectivity index is 1.43. The summed E-state index contributed by atoms with van der Waals surface area (Å²) in [5.41, 5.74) is 2.78. The second-order valence-corrected chi connectivity index (χ2v) is 8.11. The van der Waals surface area contributed by atoms with Gasteiger partial charge in [0.2, 0.25) is 0 Å². The lowest BCUT2D eigenvalue weighted by Gasteiger charge is -2.35. The van der Waals surface area contributed by atoms with Gasteiger partial charge < -0.3 is 19.5 Å². The van der Waals surface area contributed by atoms with Crippen LogP contribution in [-0.4, -0.2) is 53.7 Å². The number of hydrogen-bond acceptors (Lipinski definition) is 7. The predicted octanol–water partition coefficient (Wildman–Crippen LogP) is 2.53. The second-order valence-electron chi connectivity index (χ2n) is 8.11. The first-order valence-electron chi connectivity index (χ1n) is 10.0. The molecule has 1 aromatic heterocycles. The van der Waals surface area contributed by atoms with E-state index in [1.807, 2.05) is 0 Å². The minimum Gasteiger partial charge on any atom is -0.488 e. The first kappa shape index (κ1) is 19.6. The second kappa shape index (κ2) is 7.99. The molecule has 2 aliphatic rings. The molecule has 1 saturated heterocycles. The van der Waals surface area contributed by atoms with Crippen LogP contribution in [0.2, 0.25) is 0 Å². The number of aryl methyl sites for hydroxylation is 1. The molecule has 1 aliphatic carbocycles. The van der Waals surface area contributed by atoms with E-state index in [0.29, 0.717) is 29.6 Å². The van der Waals surface area contributed by atoms with Gasteiger partial charge in [0.25, 0.3) is 0 Å². The van der Waals surface area contributed by atoms with Crippen molar-refractivity contribution in [2.24, 2.45) is 11.8 Å². The molecule has 1 N–H and O–H groups in total. The van der Waals surface area contributed by atoms with Gasteiger partial charge in [-0.2, -0.15) is 5.10 Å². The summed E-state index contributed by atoms with van der Waals surface area (Å²) in [6.07, 6.45) is 2.52. The highest BCUT2D eigenvalue weighted by Crippen LogP contribution is 2.40. The number of rotatable bonds is 4. The molecule has 7 nitrogen and oxygen atoms in total. The number of carbonyl (C=O) groups excluding carboxylic acids is 1. The predicted molar refractivity (Wildman–Crippen MR) is 108 cm³/mol. The smallest absolute Gasteiger partial charge is 0.337 e. The van der Waals surface area contributed by atoms with E-state index in [9.17, 15) is 9.90 Å². The highest BCUT2D eigenvalue weighted by molar-refractivity contribution is 5.89. The number of aliphatic hydroxyl groups excluding tert-OH is 1. The van der Waals surface area contributed by atoms with Crippen LogP contribution in [0.1, 0.15) is 34.3 Å². The molecule has 2 aromatic rings. The third-order valence-electron chi connectivity index (χ3n) is 6.28. The van der Waals surface area contributed by atoms with E-state index < -0.39 is 6.10 Å². The van der Waals surface area contributed by atoms with Crippen molar-refractivity contribution in [2.75, 3.05) is 25.1 Å². The lowest BCUT2D eigenvalue weighted by atomic mass is 9.78. The number of benzene rings is 1. The van der Waals surface area contributed by atoms with E-state index >= 15 is 0 Å². The molecular weight excluding hydrogens is 370 g/mol. The molecule has 4 atom stereocenters. The summed E-state index contributed by atoms with van der Waals surface area (Å²) >= 11 is 0. The van der Waals surface area contributed by atoms with Gasteiger partial charge in [-0.3, -0.25) is 0 Å². The van der Waals surface area contributed by atoms with Gasteiger partial charge in [0.05, 0.1) is 25.0 Å². The normalized spacial score (nSPS) is 26.1. The minimum atomic E-state index is -0.513. The number of aromatic nitrogens is 2. The van der Waals surface area contributed by atoms with Gasteiger partial charge >= 0.3 is 5.97 Å². The Kier molecular flexibility index (Phi) is 5.41. The first-order chi connectivity index (χ1) is 14.0. The Bertz CT molecular complexity index is 886. The third-order valence-corrected chi connectivity index (χ3v) is 6.28. The Morgan fingerprint density at radius 1 is 1.14 bits per heavy atom. The summed E-state index contributed by atoms with van der Waals surface area (Å²) in [6.45, 7) is 5.93. The van der Waals surface area contributed by atoms with Gasteiger partial charge in [0, 0.05) is 13.1 Å². The molecule has 2 heterocycles. The molecule has 1 aliphatic heterocycles. The number of esters is 1. The molecule has 0 amide bonds. The number of methoxy groups -OCH3 is 1. The molecule has 7 heteroatoms. The quantitative estimate of drug-likeness (QED) is 0.794. The number of carbonyl (C=O) groups is 1. The molecule has 1 aromatic carbocycles. The van der Waals surface area contributed by atoms with E-state index in [0.717, 1.165) is 36.5 Å². The highest BCUT2D eigenvalue weighted by atomic mass is 16.5. The van der Waals surface area contributed by atoms with Crippen molar-refractivity contribution in [1.29, 1.82) is 0 Å². The average molecular weight is 397 g/mol. The van der Waals surface area contributed by atoms with E-state index in [-0.39, 0.29) is 12.1 Å². The lowest BCUT2D eigenvalue weighted by molar-refractivity contribution is -0.0231. The van der Waals surface area contributed by atoms with Gasteiger partial charge in [-0.05, 0) is 73.9 Å². The van der Waals surface area contributed by atoms with Gasteiger partial charge in [-0.25, -0.2) is 4.79 Å². The third kappa shape index (κ3) is 3.92. The lowest BCUT2D eigenvalue weighted by Crippen LogP contribution is -2.42. The van der Waals surface area contributed by atoms with E-state index in [1.54, 1.807) is 30.5 Å². The van der Waals surface area contributed by atoms with Crippen LogP contribution in [0.15, 0.2) is 30.5 Å². The maximum atomic E-state index is 11.6. The molecule has 0 bridgehead atoms. The van der Waals surface area contributed by atoms with Crippen LogP contribution >= 0.6 is 0 Å². The SMILES string of the molecule is COC(=O)c1ccc(O[C@H]2C[C@@H]3CN(c4nncc(C)c4C)C[C@@H]3C[C@@H]2O)cc1. The van der Waals surface area contributed by atoms with Crippen molar-refractivity contribution in [3.8, 4) is 5.75 Å². The molecule has 29 heavy (non-hydrogen) atoms. The van der Waals surface area contributed by atoms with Crippen LogP contribution in [0.3, 0.4) is 0 Å². The molecule has 2 fully saturated rings. The molecule has 0 unspecified atom stereocenters. The summed E-state index contributed by atoms with van der Waals surface area (Å²) in [4.78, 5) is 13.9. The zero-order valence-corrected chi connectivity index (χ0v) is 17.0. The monoisotopic (exact) mass is 397 g/mol. The van der Waals surface area contributed by atoms with E-state index in [2.05, 4.69) is 28.9 Å². The molecule has 0 radical (unpaired) electrons. The summed E-state index contributed by atoms with van der Waals surface area (Å²) in [5.74, 6) is 2.09. The van der Waals surface area contributed by atoms with Crippen LogP contribution in [0.5, 0.6) is 5.75 Å². The highest BCUT2D eigenvalue weighted by Gasteiger charge is 2.43. The van der Waals surface area contributed by atoms with Gasteiger partial charge in [0.15, 0.2) is 5.82 Å². The van der Waals surface area contributed by atoms with E-state index in [1.165, 1.54) is 7.11 Å². The molecule has 1 saturated carbocycles. The number of nitrogens with zero attached hydrogens (tertiary/aromatic N) is 3. The van der Waals surface area contributed by atoms with Crippen LogP contribution in [0.25, 0.3) is 0 Å². The maximum absolute atomic E-state index is 11.6. The summed E-state index contributed by atoms with van der Waals surface area (Å²) in [6, 6.07) is 6.85. The van der Waals surface area contributed by atoms with E-state index in [4.69, 9.17) is 9.47 Å². The van der Waals surface area contributed by atoms with Crippen molar-refractivity contribution in [1.82, 2.24) is 10.2 Å². The molecule has 154 valence electrons. The summed E-state index contributed by atoms with van der Waals surface area (Å²) < 4.78 is 10.8. The van der Waals surface area contributed by atoms with Crippen LogP contribution in [0, 0.1) is 25.7 Å². The first-order valence-corrected chi connectivity index (χ1v) is 10.0. The van der Waals surface area contributed by atoms with Crippen LogP contribution in [-0.2, 0) is 4.74 Å². The van der Waals surface area contributed by atoms with Gasteiger partial charge in [-0.15, -0.1) is 5.10 Å². The Morgan fingerprint density at radius 2 is 1.83 bits per heavy atom. The zero-order chi connectivity index (χ0) is 20.5. The number of hydrogen-bond donors (Lipinski definition) is 1. The Morgan fingerprint density at radius 3 is 2.52 bits per heavy atom. The Hall–Kier alpha value is -2.67. The largest absolute Gasteiger partial charge is 0.488 e. The number of aliphatic hydroxyl groups is 1. The van der Waals surface area contributed by atoms with Crippen molar-refractivity contribution in [2.45, 2.75) is 38.9 Å². The molecule has 4 rings (SSSR count). The number of anilines is 1. The summed E-state index contributed by atoms with van der Waals surface area (Å²) in [5, 5.41) is 19.1.